The summed E-state index contributed by atoms with van der Waals surface area (Å²) in [7, 11) is 0. The first-order valence-corrected chi connectivity index (χ1v) is 5.86. The summed E-state index contributed by atoms with van der Waals surface area (Å²) in [4.78, 5) is 15.4. The highest BCUT2D eigenvalue weighted by atomic mass is 16.4. The third kappa shape index (κ3) is 1.70. The summed E-state index contributed by atoms with van der Waals surface area (Å²) < 4.78 is 0. The molecule has 1 saturated carbocycles. The van der Waals surface area contributed by atoms with Gasteiger partial charge in [0.15, 0.2) is 0 Å². The molecule has 1 aromatic rings. The molecule has 0 atom stereocenters. The molecule has 86 valence electrons. The van der Waals surface area contributed by atoms with Crippen LogP contribution < -0.4 is 0 Å². The highest BCUT2D eigenvalue weighted by molar-refractivity contribution is 5.89. The molecule has 16 heavy (non-hydrogen) atoms. The van der Waals surface area contributed by atoms with Crippen molar-refractivity contribution < 1.29 is 9.90 Å². The maximum Gasteiger partial charge on any atom is 0.337 e. The normalized spacial score (nSPS) is 15.9. The van der Waals surface area contributed by atoms with Crippen LogP contribution in [0, 0.1) is 6.92 Å². The lowest BCUT2D eigenvalue weighted by atomic mass is 9.76. The average Bonchev–Trinajstić information content (AvgIpc) is 2.17. The van der Waals surface area contributed by atoms with Crippen LogP contribution in [0.1, 0.15) is 59.3 Å². The molecule has 1 N–H and O–H groups in total. The van der Waals surface area contributed by atoms with Crippen LogP contribution in [0.4, 0.5) is 0 Å². The van der Waals surface area contributed by atoms with E-state index in [-0.39, 0.29) is 0 Å². The summed E-state index contributed by atoms with van der Waals surface area (Å²) in [6.45, 7) is 4.06. The van der Waals surface area contributed by atoms with Gasteiger partial charge in [-0.15, -0.1) is 0 Å². The second kappa shape index (κ2) is 4.24. The Morgan fingerprint density at radius 3 is 2.69 bits per heavy atom. The first-order chi connectivity index (χ1) is 7.65. The van der Waals surface area contributed by atoms with Crippen molar-refractivity contribution in [1.82, 2.24) is 4.98 Å². The van der Waals surface area contributed by atoms with Gasteiger partial charge in [-0.1, -0.05) is 13.3 Å². The molecule has 0 amide bonds. The van der Waals surface area contributed by atoms with Crippen molar-refractivity contribution in [2.45, 2.75) is 45.4 Å². The average molecular weight is 219 g/mol. The van der Waals surface area contributed by atoms with Crippen molar-refractivity contribution in [2.24, 2.45) is 0 Å². The lowest BCUT2D eigenvalue weighted by Crippen LogP contribution is -2.17. The zero-order valence-corrected chi connectivity index (χ0v) is 9.79. The predicted octanol–water partition coefficient (Wildman–Crippen LogP) is 2.92. The van der Waals surface area contributed by atoms with Crippen molar-refractivity contribution in [3.63, 3.8) is 0 Å². The number of hydrogen-bond acceptors (Lipinski definition) is 2. The van der Waals surface area contributed by atoms with Gasteiger partial charge in [-0.3, -0.25) is 4.98 Å². The highest BCUT2D eigenvalue weighted by Crippen LogP contribution is 2.40. The van der Waals surface area contributed by atoms with E-state index >= 15 is 0 Å². The number of rotatable bonds is 3. The van der Waals surface area contributed by atoms with Crippen LogP contribution in [-0.2, 0) is 6.42 Å². The van der Waals surface area contributed by atoms with Gasteiger partial charge in [0.25, 0.3) is 0 Å². The fourth-order valence-corrected chi connectivity index (χ4v) is 2.42. The molecule has 1 aliphatic carbocycles. The zero-order valence-electron chi connectivity index (χ0n) is 9.79. The molecule has 0 saturated heterocycles. The third-order valence-corrected chi connectivity index (χ3v) is 3.56. The van der Waals surface area contributed by atoms with Crippen molar-refractivity contribution in [3.8, 4) is 0 Å². The summed E-state index contributed by atoms with van der Waals surface area (Å²) in [5.74, 6) is -0.403. The largest absolute Gasteiger partial charge is 0.478 e. The molecule has 0 aliphatic heterocycles. The molecule has 0 unspecified atom stereocenters. The summed E-state index contributed by atoms with van der Waals surface area (Å²) in [6, 6.07) is 0. The first-order valence-electron chi connectivity index (χ1n) is 5.86. The van der Waals surface area contributed by atoms with Gasteiger partial charge in [0, 0.05) is 11.9 Å². The molecular weight excluding hydrogens is 202 g/mol. The third-order valence-electron chi connectivity index (χ3n) is 3.56. The quantitative estimate of drug-likeness (QED) is 0.850. The molecule has 0 spiro atoms. The molecule has 0 aromatic carbocycles. The number of hydrogen-bond donors (Lipinski definition) is 1. The monoisotopic (exact) mass is 219 g/mol. The summed E-state index contributed by atoms with van der Waals surface area (Å²) in [5.41, 5.74) is 3.56. The van der Waals surface area contributed by atoms with Crippen molar-refractivity contribution in [2.75, 3.05) is 0 Å². The summed E-state index contributed by atoms with van der Waals surface area (Å²) in [6.07, 6.45) is 5.85. The second-order valence-electron chi connectivity index (χ2n) is 4.44. The van der Waals surface area contributed by atoms with E-state index in [4.69, 9.17) is 0 Å². The fourth-order valence-electron chi connectivity index (χ4n) is 2.42. The number of nitrogens with zero attached hydrogens (tertiary/aromatic N) is 1. The minimum absolute atomic E-state index is 0.402. The highest BCUT2D eigenvalue weighted by Gasteiger charge is 2.27. The van der Waals surface area contributed by atoms with E-state index in [1.54, 1.807) is 0 Å². The van der Waals surface area contributed by atoms with Crippen molar-refractivity contribution >= 4 is 5.97 Å². The van der Waals surface area contributed by atoms with Crippen LogP contribution in [0.3, 0.4) is 0 Å². The predicted molar refractivity (Wildman–Crippen MR) is 61.9 cm³/mol. The summed E-state index contributed by atoms with van der Waals surface area (Å²) in [5, 5.41) is 9.18. The van der Waals surface area contributed by atoms with Crippen LogP contribution in [0.5, 0.6) is 0 Å². The summed E-state index contributed by atoms with van der Waals surface area (Å²) >= 11 is 0. The van der Waals surface area contributed by atoms with E-state index in [9.17, 15) is 9.90 Å². The molecule has 2 rings (SSSR count). The van der Waals surface area contributed by atoms with E-state index < -0.39 is 5.97 Å². The smallest absolute Gasteiger partial charge is 0.337 e. The van der Waals surface area contributed by atoms with E-state index in [0.29, 0.717) is 11.5 Å². The molecule has 1 heterocycles. The van der Waals surface area contributed by atoms with Crippen LogP contribution >= 0.6 is 0 Å². The zero-order chi connectivity index (χ0) is 11.7. The second-order valence-corrected chi connectivity index (χ2v) is 4.44. The Morgan fingerprint density at radius 2 is 2.25 bits per heavy atom. The molecule has 1 fully saturated rings. The standard InChI is InChI=1S/C13H17NO2/c1-3-11-8(2)12(9-5-4-6-9)10(7-14-11)13(15)16/h7,9H,3-6H2,1-2H3,(H,15,16). The van der Waals surface area contributed by atoms with Gasteiger partial charge < -0.3 is 5.11 Å². The maximum absolute atomic E-state index is 11.2. The number of carboxylic acids is 1. The van der Waals surface area contributed by atoms with E-state index in [0.717, 1.165) is 36.1 Å². The van der Waals surface area contributed by atoms with Crippen LogP contribution in [0.2, 0.25) is 0 Å². The Morgan fingerprint density at radius 1 is 1.56 bits per heavy atom. The van der Waals surface area contributed by atoms with Gasteiger partial charge >= 0.3 is 5.97 Å². The first kappa shape index (κ1) is 11.1. The number of carbonyl (C=O) groups is 1. The maximum atomic E-state index is 11.2. The SMILES string of the molecule is CCc1ncc(C(=O)O)c(C2CCC2)c1C. The van der Waals surface area contributed by atoms with Gasteiger partial charge in [0.1, 0.15) is 0 Å². The van der Waals surface area contributed by atoms with E-state index in [1.165, 1.54) is 12.6 Å². The Bertz CT molecular complexity index is 422. The van der Waals surface area contributed by atoms with E-state index in [1.807, 2.05) is 6.92 Å². The minimum atomic E-state index is -0.847. The topological polar surface area (TPSA) is 50.2 Å². The number of aromatic carboxylic acids is 1. The lowest BCUT2D eigenvalue weighted by molar-refractivity contribution is 0.0693. The molecule has 0 bridgehead atoms. The Balaban J connectivity index is 2.53. The van der Waals surface area contributed by atoms with E-state index in [2.05, 4.69) is 11.9 Å². The lowest BCUT2D eigenvalue weighted by Gasteiger charge is -2.29. The molecule has 1 aromatic heterocycles. The molecular formula is C13H17NO2. The Labute approximate surface area is 95.5 Å². The van der Waals surface area contributed by atoms with Crippen LogP contribution in [0.15, 0.2) is 6.20 Å². The molecule has 3 heteroatoms. The minimum Gasteiger partial charge on any atom is -0.478 e. The molecule has 0 radical (unpaired) electrons. The Hall–Kier alpha value is -1.38. The molecule has 1 aliphatic rings. The number of aromatic nitrogens is 1. The van der Waals surface area contributed by atoms with Gasteiger partial charge in [0.05, 0.1) is 5.56 Å². The van der Waals surface area contributed by atoms with Crippen LogP contribution in [0.25, 0.3) is 0 Å². The molecule has 3 nitrogen and oxygen atoms in total. The van der Waals surface area contributed by atoms with Gasteiger partial charge in [-0.2, -0.15) is 0 Å². The van der Waals surface area contributed by atoms with Crippen molar-refractivity contribution in [1.29, 1.82) is 0 Å². The Kier molecular flexibility index (Phi) is 2.95. The van der Waals surface area contributed by atoms with Gasteiger partial charge in [-0.25, -0.2) is 4.79 Å². The number of aryl methyl sites for hydroxylation is 1. The fraction of sp³-hybridized carbons (Fsp3) is 0.538. The number of pyridine rings is 1. The van der Waals surface area contributed by atoms with Crippen molar-refractivity contribution in [3.05, 3.63) is 28.6 Å². The van der Waals surface area contributed by atoms with Gasteiger partial charge in [-0.05, 0) is 43.2 Å². The van der Waals surface area contributed by atoms with Crippen LogP contribution in [-0.4, -0.2) is 16.1 Å². The van der Waals surface area contributed by atoms with Gasteiger partial charge in [0.2, 0.25) is 0 Å². The number of carboxylic acid groups (broad SMARTS) is 1.